The number of aryl methyl sites for hydroxylation is 1. The summed E-state index contributed by atoms with van der Waals surface area (Å²) in [6.07, 6.45) is 3.60. The average molecular weight is 314 g/mol. The number of unbranched alkanes of at least 4 members (excludes halogenated alkanes) is 2. The predicted molar refractivity (Wildman–Crippen MR) is 95.7 cm³/mol. The van der Waals surface area contributed by atoms with Gasteiger partial charge in [0.1, 0.15) is 23.2 Å². The number of hydrogen-bond acceptors (Lipinski definition) is 5. The number of hydrogen-bond donors (Lipinski definition) is 2. The highest BCUT2D eigenvalue weighted by Crippen LogP contribution is 2.20. The van der Waals surface area contributed by atoms with Crippen LogP contribution in [0.1, 0.15) is 38.9 Å². The van der Waals surface area contributed by atoms with E-state index < -0.39 is 0 Å². The lowest BCUT2D eigenvalue weighted by Gasteiger charge is -2.11. The van der Waals surface area contributed by atoms with Crippen molar-refractivity contribution in [3.05, 3.63) is 36.2 Å². The maximum atomic E-state index is 5.45. The standard InChI is InChI=1S/C18H26N4O/c1-4-6-7-12-19-17-13-18(21-14(3)20-17)22-15-8-10-16(11-9-15)23-5-2/h8-11,13H,4-7,12H2,1-3H3,(H2,19,20,21,22). The first-order chi connectivity index (χ1) is 11.2. The molecule has 5 heteroatoms. The smallest absolute Gasteiger partial charge is 0.136 e. The number of ether oxygens (including phenoxy) is 1. The van der Waals surface area contributed by atoms with Crippen molar-refractivity contribution in [2.75, 3.05) is 23.8 Å². The van der Waals surface area contributed by atoms with Gasteiger partial charge < -0.3 is 15.4 Å². The first-order valence-corrected chi connectivity index (χ1v) is 8.30. The lowest BCUT2D eigenvalue weighted by atomic mass is 10.2. The quantitative estimate of drug-likeness (QED) is 0.666. The van der Waals surface area contributed by atoms with E-state index in [0.29, 0.717) is 6.61 Å². The molecular weight excluding hydrogens is 288 g/mol. The highest BCUT2D eigenvalue weighted by Gasteiger charge is 2.03. The van der Waals surface area contributed by atoms with Crippen LogP contribution < -0.4 is 15.4 Å². The van der Waals surface area contributed by atoms with E-state index in [1.807, 2.05) is 44.2 Å². The summed E-state index contributed by atoms with van der Waals surface area (Å²) in [7, 11) is 0. The molecule has 5 nitrogen and oxygen atoms in total. The molecule has 1 aromatic heterocycles. The van der Waals surface area contributed by atoms with Gasteiger partial charge in [0.05, 0.1) is 6.61 Å². The van der Waals surface area contributed by atoms with E-state index in [-0.39, 0.29) is 0 Å². The van der Waals surface area contributed by atoms with E-state index >= 15 is 0 Å². The van der Waals surface area contributed by atoms with Crippen molar-refractivity contribution in [1.29, 1.82) is 0 Å². The zero-order valence-electron chi connectivity index (χ0n) is 14.2. The van der Waals surface area contributed by atoms with E-state index in [1.54, 1.807) is 0 Å². The van der Waals surface area contributed by atoms with Crippen LogP contribution in [0.4, 0.5) is 17.3 Å². The molecule has 0 radical (unpaired) electrons. The van der Waals surface area contributed by atoms with Crippen LogP contribution in [0.25, 0.3) is 0 Å². The normalized spacial score (nSPS) is 10.4. The van der Waals surface area contributed by atoms with Gasteiger partial charge in [-0.1, -0.05) is 19.8 Å². The van der Waals surface area contributed by atoms with E-state index in [9.17, 15) is 0 Å². The van der Waals surface area contributed by atoms with E-state index in [1.165, 1.54) is 12.8 Å². The van der Waals surface area contributed by atoms with Crippen LogP contribution in [0.3, 0.4) is 0 Å². The second-order valence-electron chi connectivity index (χ2n) is 5.40. The Hall–Kier alpha value is -2.30. The minimum atomic E-state index is 0.672. The molecule has 23 heavy (non-hydrogen) atoms. The van der Waals surface area contributed by atoms with Crippen LogP contribution in [0, 0.1) is 6.92 Å². The zero-order valence-corrected chi connectivity index (χ0v) is 14.2. The summed E-state index contributed by atoms with van der Waals surface area (Å²) in [5.74, 6) is 3.27. The summed E-state index contributed by atoms with van der Waals surface area (Å²) in [5, 5.41) is 6.67. The number of nitrogens with one attached hydrogen (secondary N) is 2. The van der Waals surface area contributed by atoms with Gasteiger partial charge in [-0.15, -0.1) is 0 Å². The SMILES string of the molecule is CCCCCNc1cc(Nc2ccc(OCC)cc2)nc(C)n1. The highest BCUT2D eigenvalue weighted by atomic mass is 16.5. The number of anilines is 3. The van der Waals surface area contributed by atoms with Crippen molar-refractivity contribution in [3.63, 3.8) is 0 Å². The third kappa shape index (κ3) is 5.77. The minimum absolute atomic E-state index is 0.672. The maximum absolute atomic E-state index is 5.45. The van der Waals surface area contributed by atoms with Gasteiger partial charge in [-0.3, -0.25) is 0 Å². The summed E-state index contributed by atoms with van der Waals surface area (Å²) in [6.45, 7) is 7.69. The molecule has 0 saturated carbocycles. The van der Waals surface area contributed by atoms with Crippen molar-refractivity contribution >= 4 is 17.3 Å². The van der Waals surface area contributed by atoms with Crippen molar-refractivity contribution in [2.24, 2.45) is 0 Å². The Morgan fingerprint density at radius 3 is 2.43 bits per heavy atom. The van der Waals surface area contributed by atoms with Crippen LogP contribution >= 0.6 is 0 Å². The molecule has 0 amide bonds. The van der Waals surface area contributed by atoms with E-state index in [0.717, 1.165) is 41.9 Å². The Bertz CT molecular complexity index is 598. The molecular formula is C18H26N4O. The topological polar surface area (TPSA) is 59.1 Å². The van der Waals surface area contributed by atoms with Crippen LogP contribution in [-0.2, 0) is 0 Å². The van der Waals surface area contributed by atoms with Gasteiger partial charge in [0.2, 0.25) is 0 Å². The van der Waals surface area contributed by atoms with Crippen molar-refractivity contribution in [1.82, 2.24) is 9.97 Å². The van der Waals surface area contributed by atoms with Crippen LogP contribution in [0.2, 0.25) is 0 Å². The zero-order chi connectivity index (χ0) is 16.5. The van der Waals surface area contributed by atoms with Crippen molar-refractivity contribution in [2.45, 2.75) is 40.0 Å². The minimum Gasteiger partial charge on any atom is -0.494 e. The number of rotatable bonds is 9. The largest absolute Gasteiger partial charge is 0.494 e. The molecule has 2 rings (SSSR count). The lowest BCUT2D eigenvalue weighted by Crippen LogP contribution is -2.06. The van der Waals surface area contributed by atoms with E-state index in [4.69, 9.17) is 4.74 Å². The van der Waals surface area contributed by atoms with Gasteiger partial charge in [-0.25, -0.2) is 9.97 Å². The van der Waals surface area contributed by atoms with Gasteiger partial charge in [-0.2, -0.15) is 0 Å². The summed E-state index contributed by atoms with van der Waals surface area (Å²) in [5.41, 5.74) is 0.975. The van der Waals surface area contributed by atoms with Crippen LogP contribution in [-0.4, -0.2) is 23.1 Å². The monoisotopic (exact) mass is 314 g/mol. The molecule has 0 aliphatic heterocycles. The molecule has 2 N–H and O–H groups in total. The van der Waals surface area contributed by atoms with Gasteiger partial charge >= 0.3 is 0 Å². The van der Waals surface area contributed by atoms with Crippen LogP contribution in [0.5, 0.6) is 5.75 Å². The Balaban J connectivity index is 1.99. The van der Waals surface area contributed by atoms with Gasteiger partial charge in [0, 0.05) is 18.3 Å². The van der Waals surface area contributed by atoms with Crippen molar-refractivity contribution in [3.8, 4) is 5.75 Å². The lowest BCUT2D eigenvalue weighted by molar-refractivity contribution is 0.340. The summed E-state index contributed by atoms with van der Waals surface area (Å²) < 4.78 is 5.45. The third-order valence-electron chi connectivity index (χ3n) is 3.36. The molecule has 0 atom stereocenters. The predicted octanol–water partition coefficient (Wildman–Crippen LogP) is 4.53. The molecule has 0 bridgehead atoms. The molecule has 0 saturated heterocycles. The Morgan fingerprint density at radius 1 is 1.00 bits per heavy atom. The Labute approximate surface area is 138 Å². The third-order valence-corrected chi connectivity index (χ3v) is 3.36. The molecule has 1 heterocycles. The molecule has 1 aromatic carbocycles. The number of nitrogens with zero attached hydrogens (tertiary/aromatic N) is 2. The maximum Gasteiger partial charge on any atom is 0.136 e. The first-order valence-electron chi connectivity index (χ1n) is 8.30. The van der Waals surface area contributed by atoms with Gasteiger partial charge in [0.25, 0.3) is 0 Å². The summed E-state index contributed by atoms with van der Waals surface area (Å²) in [4.78, 5) is 8.87. The van der Waals surface area contributed by atoms with E-state index in [2.05, 4.69) is 27.5 Å². The Kier molecular flexibility index (Phi) is 6.66. The molecule has 0 aliphatic carbocycles. The highest BCUT2D eigenvalue weighted by molar-refractivity contribution is 5.59. The average Bonchev–Trinajstić information content (AvgIpc) is 2.53. The second kappa shape index (κ2) is 8.98. The number of benzene rings is 1. The molecule has 0 fully saturated rings. The van der Waals surface area contributed by atoms with Gasteiger partial charge in [0.15, 0.2) is 0 Å². The number of aromatic nitrogens is 2. The molecule has 124 valence electrons. The fourth-order valence-corrected chi connectivity index (χ4v) is 2.26. The van der Waals surface area contributed by atoms with Crippen LogP contribution in [0.15, 0.2) is 30.3 Å². The summed E-state index contributed by atoms with van der Waals surface area (Å²) in [6, 6.07) is 9.80. The fourth-order valence-electron chi connectivity index (χ4n) is 2.26. The van der Waals surface area contributed by atoms with Gasteiger partial charge in [-0.05, 0) is 44.5 Å². The second-order valence-corrected chi connectivity index (χ2v) is 5.40. The molecule has 0 aliphatic rings. The fraction of sp³-hybridized carbons (Fsp3) is 0.444. The molecule has 0 spiro atoms. The molecule has 0 unspecified atom stereocenters. The Morgan fingerprint density at radius 2 is 1.74 bits per heavy atom. The molecule has 2 aromatic rings. The van der Waals surface area contributed by atoms with Crippen molar-refractivity contribution < 1.29 is 4.74 Å². The first kappa shape index (κ1) is 17.1. The summed E-state index contributed by atoms with van der Waals surface area (Å²) >= 11 is 0.